The SMILES string of the molecule is CCN(C)c1cc(-n2nccn2)ccc1Oc1ccc(Cl)c(Cl)c1. The Labute approximate surface area is 150 Å². The molecule has 0 aliphatic carbocycles. The van der Waals surface area contributed by atoms with Crippen LogP contribution in [0.4, 0.5) is 5.69 Å². The fourth-order valence-electron chi connectivity index (χ4n) is 2.20. The van der Waals surface area contributed by atoms with Gasteiger partial charge in [-0.2, -0.15) is 15.0 Å². The van der Waals surface area contributed by atoms with Crippen molar-refractivity contribution in [3.8, 4) is 17.2 Å². The Kier molecular flexibility index (Phi) is 4.92. The van der Waals surface area contributed by atoms with Gasteiger partial charge in [0.2, 0.25) is 0 Å². The maximum atomic E-state index is 6.06. The molecule has 0 saturated carbocycles. The van der Waals surface area contributed by atoms with E-state index >= 15 is 0 Å². The van der Waals surface area contributed by atoms with E-state index in [0.717, 1.165) is 17.9 Å². The average Bonchev–Trinajstić information content (AvgIpc) is 3.12. The summed E-state index contributed by atoms with van der Waals surface area (Å²) < 4.78 is 6.01. The molecule has 5 nitrogen and oxygen atoms in total. The van der Waals surface area contributed by atoms with Crippen LogP contribution >= 0.6 is 23.2 Å². The lowest BCUT2D eigenvalue weighted by molar-refractivity contribution is 0.482. The number of hydrogen-bond donors (Lipinski definition) is 0. The highest BCUT2D eigenvalue weighted by molar-refractivity contribution is 6.42. The number of halogens is 2. The number of ether oxygens (including phenoxy) is 1. The molecule has 0 N–H and O–H groups in total. The minimum atomic E-state index is 0.455. The molecule has 0 amide bonds. The number of hydrogen-bond acceptors (Lipinski definition) is 4. The van der Waals surface area contributed by atoms with Crippen LogP contribution in [-0.4, -0.2) is 28.6 Å². The molecule has 0 unspecified atom stereocenters. The molecule has 3 rings (SSSR count). The largest absolute Gasteiger partial charge is 0.455 e. The Balaban J connectivity index is 1.98. The second-order valence-corrected chi connectivity index (χ2v) is 5.98. The van der Waals surface area contributed by atoms with Crippen molar-refractivity contribution in [3.05, 3.63) is 58.8 Å². The maximum absolute atomic E-state index is 6.06. The maximum Gasteiger partial charge on any atom is 0.150 e. The van der Waals surface area contributed by atoms with Gasteiger partial charge in [-0.3, -0.25) is 0 Å². The standard InChI is InChI=1S/C17H16Cl2N4O/c1-3-22(2)16-10-12(23-20-8-9-21-23)4-7-17(16)24-13-5-6-14(18)15(19)11-13/h4-11H,3H2,1-2H3. The van der Waals surface area contributed by atoms with Gasteiger partial charge in [0.05, 0.1) is 33.8 Å². The van der Waals surface area contributed by atoms with Gasteiger partial charge in [0.1, 0.15) is 5.75 Å². The molecule has 0 bridgehead atoms. The molecule has 2 aromatic carbocycles. The first-order chi connectivity index (χ1) is 11.6. The third-order valence-corrected chi connectivity index (χ3v) is 4.34. The van der Waals surface area contributed by atoms with Gasteiger partial charge in [-0.05, 0) is 37.3 Å². The third-order valence-electron chi connectivity index (χ3n) is 3.60. The third kappa shape index (κ3) is 3.47. The Bertz CT molecular complexity index is 837. The van der Waals surface area contributed by atoms with Crippen LogP contribution in [0.2, 0.25) is 10.0 Å². The highest BCUT2D eigenvalue weighted by Gasteiger charge is 2.12. The summed E-state index contributed by atoms with van der Waals surface area (Å²) in [6.07, 6.45) is 3.28. The van der Waals surface area contributed by atoms with Crippen LogP contribution in [0, 0.1) is 0 Å². The van der Waals surface area contributed by atoms with Crippen LogP contribution in [0.1, 0.15) is 6.92 Å². The molecule has 3 aromatic rings. The van der Waals surface area contributed by atoms with E-state index in [1.165, 1.54) is 0 Å². The minimum absolute atomic E-state index is 0.455. The lowest BCUT2D eigenvalue weighted by Crippen LogP contribution is -2.17. The first kappa shape index (κ1) is 16.6. The van der Waals surface area contributed by atoms with Gasteiger partial charge in [0.15, 0.2) is 5.75 Å². The van der Waals surface area contributed by atoms with Gasteiger partial charge in [-0.15, -0.1) is 0 Å². The van der Waals surface area contributed by atoms with Gasteiger partial charge in [-0.1, -0.05) is 23.2 Å². The number of nitrogens with zero attached hydrogens (tertiary/aromatic N) is 4. The molecular formula is C17H16Cl2N4O. The minimum Gasteiger partial charge on any atom is -0.455 e. The monoisotopic (exact) mass is 362 g/mol. The Morgan fingerprint density at radius 2 is 1.79 bits per heavy atom. The van der Waals surface area contributed by atoms with Gasteiger partial charge >= 0.3 is 0 Å². The van der Waals surface area contributed by atoms with Crippen molar-refractivity contribution in [2.24, 2.45) is 0 Å². The summed E-state index contributed by atoms with van der Waals surface area (Å²) in [7, 11) is 2.00. The van der Waals surface area contributed by atoms with Crippen molar-refractivity contribution >= 4 is 28.9 Å². The van der Waals surface area contributed by atoms with Gasteiger partial charge in [0, 0.05) is 19.7 Å². The van der Waals surface area contributed by atoms with E-state index < -0.39 is 0 Å². The number of benzene rings is 2. The molecule has 1 heterocycles. The Hall–Kier alpha value is -2.24. The topological polar surface area (TPSA) is 43.2 Å². The molecule has 0 fully saturated rings. The fraction of sp³-hybridized carbons (Fsp3) is 0.176. The Morgan fingerprint density at radius 3 is 2.46 bits per heavy atom. The van der Waals surface area contributed by atoms with E-state index in [9.17, 15) is 0 Å². The van der Waals surface area contributed by atoms with E-state index in [4.69, 9.17) is 27.9 Å². The zero-order valence-electron chi connectivity index (χ0n) is 13.3. The summed E-state index contributed by atoms with van der Waals surface area (Å²) in [5.41, 5.74) is 1.79. The molecule has 0 aliphatic rings. The van der Waals surface area contributed by atoms with Crippen LogP contribution in [0.15, 0.2) is 48.8 Å². The summed E-state index contributed by atoms with van der Waals surface area (Å²) in [6.45, 7) is 2.90. The molecule has 24 heavy (non-hydrogen) atoms. The first-order valence-electron chi connectivity index (χ1n) is 7.43. The zero-order chi connectivity index (χ0) is 17.1. The summed E-state index contributed by atoms with van der Waals surface area (Å²) >= 11 is 12.0. The van der Waals surface area contributed by atoms with Crippen LogP contribution < -0.4 is 9.64 Å². The molecule has 0 spiro atoms. The molecule has 124 valence electrons. The van der Waals surface area contributed by atoms with Crippen LogP contribution in [0.3, 0.4) is 0 Å². The number of anilines is 1. The summed E-state index contributed by atoms with van der Waals surface area (Å²) in [5, 5.41) is 9.27. The Morgan fingerprint density at radius 1 is 1.04 bits per heavy atom. The van der Waals surface area contributed by atoms with E-state index in [-0.39, 0.29) is 0 Å². The predicted octanol–water partition coefficient (Wildman–Crippen LogP) is 4.82. The van der Waals surface area contributed by atoms with Gasteiger partial charge in [-0.25, -0.2) is 0 Å². The second-order valence-electron chi connectivity index (χ2n) is 5.16. The van der Waals surface area contributed by atoms with Crippen molar-refractivity contribution in [2.45, 2.75) is 6.92 Å². The lowest BCUT2D eigenvalue weighted by atomic mass is 10.2. The number of aromatic nitrogens is 3. The van der Waals surface area contributed by atoms with E-state index in [1.807, 2.05) is 25.2 Å². The lowest BCUT2D eigenvalue weighted by Gasteiger charge is -2.21. The predicted molar refractivity (Wildman–Crippen MR) is 96.8 cm³/mol. The molecular weight excluding hydrogens is 347 g/mol. The normalized spacial score (nSPS) is 10.7. The molecule has 0 saturated heterocycles. The van der Waals surface area contributed by atoms with Crippen LogP contribution in [0.5, 0.6) is 11.5 Å². The smallest absolute Gasteiger partial charge is 0.150 e. The summed E-state index contributed by atoms with van der Waals surface area (Å²) in [4.78, 5) is 3.65. The highest BCUT2D eigenvalue weighted by Crippen LogP contribution is 2.35. The van der Waals surface area contributed by atoms with Crippen molar-refractivity contribution < 1.29 is 4.74 Å². The molecule has 0 radical (unpaired) electrons. The van der Waals surface area contributed by atoms with E-state index in [2.05, 4.69) is 22.0 Å². The zero-order valence-corrected chi connectivity index (χ0v) is 14.8. The van der Waals surface area contributed by atoms with Crippen molar-refractivity contribution in [1.82, 2.24) is 15.0 Å². The van der Waals surface area contributed by atoms with E-state index in [1.54, 1.807) is 35.4 Å². The average molecular weight is 363 g/mol. The molecule has 0 aliphatic heterocycles. The quantitative estimate of drug-likeness (QED) is 0.652. The van der Waals surface area contributed by atoms with Crippen molar-refractivity contribution in [3.63, 3.8) is 0 Å². The van der Waals surface area contributed by atoms with Crippen LogP contribution in [0.25, 0.3) is 5.69 Å². The van der Waals surface area contributed by atoms with Gasteiger partial charge < -0.3 is 9.64 Å². The van der Waals surface area contributed by atoms with E-state index in [0.29, 0.717) is 21.5 Å². The van der Waals surface area contributed by atoms with Crippen molar-refractivity contribution in [1.29, 1.82) is 0 Å². The molecule has 1 aromatic heterocycles. The first-order valence-corrected chi connectivity index (χ1v) is 8.19. The fourth-order valence-corrected chi connectivity index (χ4v) is 2.49. The summed E-state index contributed by atoms with van der Waals surface area (Å²) in [5.74, 6) is 1.34. The molecule has 7 heteroatoms. The second kappa shape index (κ2) is 7.11. The number of rotatable bonds is 5. The van der Waals surface area contributed by atoms with Gasteiger partial charge in [0.25, 0.3) is 0 Å². The molecule has 0 atom stereocenters. The van der Waals surface area contributed by atoms with Crippen molar-refractivity contribution in [2.75, 3.05) is 18.5 Å². The summed E-state index contributed by atoms with van der Waals surface area (Å²) in [6, 6.07) is 11.0. The van der Waals surface area contributed by atoms with Crippen LogP contribution in [-0.2, 0) is 0 Å². The highest BCUT2D eigenvalue weighted by atomic mass is 35.5.